The fraction of sp³-hybridized carbons (Fsp3) is 0.778. The lowest BCUT2D eigenvalue weighted by Crippen LogP contribution is -2.31. The van der Waals surface area contributed by atoms with Crippen LogP contribution in [0.2, 0.25) is 0 Å². The molecule has 1 atom stereocenters. The van der Waals surface area contributed by atoms with Gasteiger partial charge in [0.1, 0.15) is 17.8 Å². The highest BCUT2D eigenvalue weighted by atomic mass is 16.5. The van der Waals surface area contributed by atoms with Gasteiger partial charge in [-0.1, -0.05) is 0 Å². The van der Waals surface area contributed by atoms with E-state index in [0.29, 0.717) is 6.29 Å². The van der Waals surface area contributed by atoms with Gasteiger partial charge in [-0.15, -0.1) is 0 Å². The van der Waals surface area contributed by atoms with Crippen LogP contribution in [0.15, 0.2) is 0 Å². The van der Waals surface area contributed by atoms with Crippen molar-refractivity contribution in [3.8, 4) is 0 Å². The van der Waals surface area contributed by atoms with Crippen molar-refractivity contribution in [2.75, 3.05) is 0 Å². The number of ketones is 1. The van der Waals surface area contributed by atoms with Crippen LogP contribution < -0.4 is 0 Å². The van der Waals surface area contributed by atoms with Crippen LogP contribution in [-0.2, 0) is 14.3 Å². The summed E-state index contributed by atoms with van der Waals surface area (Å²) in [5.74, 6) is -0.741. The molecule has 3 heteroatoms. The molecule has 0 bridgehead atoms. The SMILES string of the molecule is CC1(C)OC(C)(C)C(C=O)C1=O. The van der Waals surface area contributed by atoms with Crippen molar-refractivity contribution in [1.29, 1.82) is 0 Å². The fourth-order valence-electron chi connectivity index (χ4n) is 1.69. The van der Waals surface area contributed by atoms with Crippen molar-refractivity contribution in [2.24, 2.45) is 5.92 Å². The summed E-state index contributed by atoms with van der Waals surface area (Å²) in [5.41, 5.74) is -1.46. The zero-order valence-electron chi connectivity index (χ0n) is 7.88. The second kappa shape index (κ2) is 2.39. The highest BCUT2D eigenvalue weighted by Gasteiger charge is 2.53. The second-order valence-corrected chi connectivity index (χ2v) is 4.19. The van der Waals surface area contributed by atoms with Gasteiger partial charge in [-0.05, 0) is 27.7 Å². The summed E-state index contributed by atoms with van der Waals surface area (Å²) in [6.45, 7) is 6.92. The van der Waals surface area contributed by atoms with Gasteiger partial charge in [-0.3, -0.25) is 4.79 Å². The average Bonchev–Trinajstić information content (AvgIpc) is 1.98. The van der Waals surface area contributed by atoms with Crippen molar-refractivity contribution >= 4 is 12.1 Å². The molecule has 1 saturated heterocycles. The molecule has 0 N–H and O–H groups in total. The van der Waals surface area contributed by atoms with Crippen molar-refractivity contribution in [1.82, 2.24) is 0 Å². The number of ether oxygens (including phenoxy) is 1. The molecule has 0 radical (unpaired) electrons. The first-order chi connectivity index (χ1) is 5.31. The predicted octanol–water partition coefficient (Wildman–Crippen LogP) is 0.958. The van der Waals surface area contributed by atoms with E-state index >= 15 is 0 Å². The number of carbonyl (C=O) groups is 2. The van der Waals surface area contributed by atoms with E-state index in [4.69, 9.17) is 4.74 Å². The monoisotopic (exact) mass is 170 g/mol. The van der Waals surface area contributed by atoms with Gasteiger partial charge in [0.15, 0.2) is 5.78 Å². The number of hydrogen-bond donors (Lipinski definition) is 0. The Morgan fingerprint density at radius 2 is 1.83 bits per heavy atom. The second-order valence-electron chi connectivity index (χ2n) is 4.19. The van der Waals surface area contributed by atoms with Gasteiger partial charge in [0.05, 0.1) is 5.60 Å². The molecule has 3 nitrogen and oxygen atoms in total. The van der Waals surface area contributed by atoms with Crippen LogP contribution in [0.1, 0.15) is 27.7 Å². The largest absolute Gasteiger partial charge is 0.361 e. The fourth-order valence-corrected chi connectivity index (χ4v) is 1.69. The summed E-state index contributed by atoms with van der Waals surface area (Å²) in [6, 6.07) is 0. The quantitative estimate of drug-likeness (QED) is 0.435. The molecule has 0 aromatic rings. The van der Waals surface area contributed by atoms with E-state index in [9.17, 15) is 9.59 Å². The Bertz CT molecular complexity index is 228. The van der Waals surface area contributed by atoms with Crippen LogP contribution in [0.5, 0.6) is 0 Å². The van der Waals surface area contributed by atoms with Gasteiger partial charge in [-0.25, -0.2) is 0 Å². The van der Waals surface area contributed by atoms with E-state index < -0.39 is 17.1 Å². The summed E-state index contributed by atoms with van der Waals surface area (Å²) < 4.78 is 5.47. The first kappa shape index (κ1) is 9.39. The van der Waals surface area contributed by atoms with E-state index in [1.54, 1.807) is 27.7 Å². The van der Waals surface area contributed by atoms with Crippen LogP contribution in [0.25, 0.3) is 0 Å². The van der Waals surface area contributed by atoms with Crippen molar-refractivity contribution in [3.05, 3.63) is 0 Å². The zero-order valence-corrected chi connectivity index (χ0v) is 7.88. The molecule has 1 rings (SSSR count). The minimum Gasteiger partial charge on any atom is -0.361 e. The molecule has 0 amide bonds. The third-order valence-corrected chi connectivity index (χ3v) is 2.28. The van der Waals surface area contributed by atoms with Gasteiger partial charge in [-0.2, -0.15) is 0 Å². The number of carbonyl (C=O) groups excluding carboxylic acids is 2. The van der Waals surface area contributed by atoms with E-state index in [2.05, 4.69) is 0 Å². The topological polar surface area (TPSA) is 43.4 Å². The Kier molecular flexibility index (Phi) is 1.87. The van der Waals surface area contributed by atoms with Crippen LogP contribution in [0, 0.1) is 5.92 Å². The minimum absolute atomic E-state index is 0.123. The third kappa shape index (κ3) is 1.18. The number of aldehydes is 1. The minimum atomic E-state index is -0.810. The van der Waals surface area contributed by atoms with Gasteiger partial charge < -0.3 is 9.53 Å². The van der Waals surface area contributed by atoms with Crippen molar-refractivity contribution in [2.45, 2.75) is 38.9 Å². The molecule has 1 heterocycles. The normalized spacial score (nSPS) is 32.0. The lowest BCUT2D eigenvalue weighted by molar-refractivity contribution is -0.132. The number of rotatable bonds is 1. The summed E-state index contributed by atoms with van der Waals surface area (Å²) in [6.07, 6.45) is 0.678. The Hall–Kier alpha value is -0.700. The molecule has 12 heavy (non-hydrogen) atoms. The molecule has 68 valence electrons. The highest BCUT2D eigenvalue weighted by Crippen LogP contribution is 2.37. The summed E-state index contributed by atoms with van der Waals surface area (Å²) >= 11 is 0. The number of hydrogen-bond acceptors (Lipinski definition) is 3. The smallest absolute Gasteiger partial charge is 0.177 e. The molecule has 0 spiro atoms. The van der Waals surface area contributed by atoms with Gasteiger partial charge >= 0.3 is 0 Å². The Balaban J connectivity index is 3.03. The zero-order chi connectivity index (χ0) is 9.57. The molecule has 0 aromatic carbocycles. The first-order valence-corrected chi connectivity index (χ1v) is 4.01. The van der Waals surface area contributed by atoms with Crippen molar-refractivity contribution < 1.29 is 14.3 Å². The maximum atomic E-state index is 11.5. The molecule has 1 aliphatic heterocycles. The summed E-state index contributed by atoms with van der Waals surface area (Å²) in [5, 5.41) is 0. The molecule has 0 saturated carbocycles. The average molecular weight is 170 g/mol. The Morgan fingerprint density at radius 1 is 1.33 bits per heavy atom. The van der Waals surface area contributed by atoms with Crippen LogP contribution in [0.4, 0.5) is 0 Å². The van der Waals surface area contributed by atoms with Gasteiger partial charge in [0, 0.05) is 0 Å². The molecule has 0 aromatic heterocycles. The maximum Gasteiger partial charge on any atom is 0.177 e. The molecule has 1 aliphatic rings. The van der Waals surface area contributed by atoms with Crippen LogP contribution >= 0.6 is 0 Å². The predicted molar refractivity (Wildman–Crippen MR) is 43.8 cm³/mol. The highest BCUT2D eigenvalue weighted by molar-refractivity contribution is 6.01. The Labute approximate surface area is 72.1 Å². The Morgan fingerprint density at radius 3 is 2.00 bits per heavy atom. The van der Waals surface area contributed by atoms with Gasteiger partial charge in [0.25, 0.3) is 0 Å². The lowest BCUT2D eigenvalue weighted by Gasteiger charge is -2.23. The molecule has 1 fully saturated rings. The van der Waals surface area contributed by atoms with E-state index in [1.165, 1.54) is 0 Å². The molecular weight excluding hydrogens is 156 g/mol. The lowest BCUT2D eigenvalue weighted by atomic mass is 9.87. The molecular formula is C9H14O3. The maximum absolute atomic E-state index is 11.5. The van der Waals surface area contributed by atoms with Crippen LogP contribution in [0.3, 0.4) is 0 Å². The summed E-state index contributed by atoms with van der Waals surface area (Å²) in [7, 11) is 0. The van der Waals surface area contributed by atoms with E-state index in [-0.39, 0.29) is 5.78 Å². The number of Topliss-reactive ketones (excluding diaryl/α,β-unsaturated/α-hetero) is 1. The first-order valence-electron chi connectivity index (χ1n) is 4.01. The summed E-state index contributed by atoms with van der Waals surface area (Å²) in [4.78, 5) is 22.1. The van der Waals surface area contributed by atoms with E-state index in [1.807, 2.05) is 0 Å². The molecule has 0 aliphatic carbocycles. The van der Waals surface area contributed by atoms with Gasteiger partial charge in [0.2, 0.25) is 0 Å². The van der Waals surface area contributed by atoms with Crippen LogP contribution in [-0.4, -0.2) is 23.3 Å². The standard InChI is InChI=1S/C9H14O3/c1-8(2)6(5-10)7(11)9(3,4)12-8/h5-6H,1-4H3. The molecule has 1 unspecified atom stereocenters. The third-order valence-electron chi connectivity index (χ3n) is 2.28. The van der Waals surface area contributed by atoms with E-state index in [0.717, 1.165) is 0 Å². The van der Waals surface area contributed by atoms with Crippen molar-refractivity contribution in [3.63, 3.8) is 0 Å².